The van der Waals surface area contributed by atoms with Gasteiger partial charge in [0.05, 0.1) is 33.1 Å². The normalized spacial score (nSPS) is 15.2. The Labute approximate surface area is 268 Å². The number of benzene rings is 2. The van der Waals surface area contributed by atoms with Crippen LogP contribution in [0.15, 0.2) is 53.3 Å². The number of methoxy groups -OCH3 is 3. The fourth-order valence-electron chi connectivity index (χ4n) is 6.85. The monoisotopic (exact) mass is 624 g/mol. The van der Waals surface area contributed by atoms with Crippen LogP contribution in [0.5, 0.6) is 17.2 Å². The summed E-state index contributed by atoms with van der Waals surface area (Å²) < 4.78 is 17.1. The molecule has 0 fully saturated rings. The number of carbonyl (C=O) groups excluding carboxylic acids is 2. The van der Waals surface area contributed by atoms with Gasteiger partial charge in [0.15, 0.2) is 11.5 Å². The van der Waals surface area contributed by atoms with Crippen molar-refractivity contribution in [3.63, 3.8) is 0 Å². The summed E-state index contributed by atoms with van der Waals surface area (Å²) in [5.74, 6) is 1.44. The van der Waals surface area contributed by atoms with E-state index in [2.05, 4.69) is 27.8 Å². The second-order valence-electron chi connectivity index (χ2n) is 11.8. The number of rotatable bonds is 9. The number of hydrogen-bond donors (Lipinski definition) is 3. The number of aryl methyl sites for hydroxylation is 1. The molecule has 1 unspecified atom stereocenters. The first-order valence-corrected chi connectivity index (χ1v) is 15.7. The van der Waals surface area contributed by atoms with Crippen molar-refractivity contribution in [3.8, 4) is 28.4 Å². The van der Waals surface area contributed by atoms with Gasteiger partial charge < -0.3 is 34.7 Å². The molecule has 10 nitrogen and oxygen atoms in total. The smallest absolute Gasteiger partial charge is 0.222 e. The first-order valence-electron chi connectivity index (χ1n) is 15.7. The summed E-state index contributed by atoms with van der Waals surface area (Å²) in [5, 5.41) is 7.47. The molecule has 2 aliphatic rings. The number of H-pyrrole nitrogens is 1. The van der Waals surface area contributed by atoms with E-state index in [9.17, 15) is 14.4 Å². The van der Waals surface area contributed by atoms with Gasteiger partial charge >= 0.3 is 0 Å². The lowest BCUT2D eigenvalue weighted by Crippen LogP contribution is -2.35. The summed E-state index contributed by atoms with van der Waals surface area (Å²) in [7, 11) is 4.71. The van der Waals surface area contributed by atoms with Gasteiger partial charge in [-0.15, -0.1) is 0 Å². The summed E-state index contributed by atoms with van der Waals surface area (Å²) in [4.78, 5) is 44.4. The number of nitrogens with zero attached hydrogens (tertiary/aromatic N) is 1. The highest BCUT2D eigenvalue weighted by atomic mass is 16.5. The maximum absolute atomic E-state index is 13.6. The van der Waals surface area contributed by atoms with Crippen LogP contribution in [0.25, 0.3) is 22.0 Å². The third-order valence-corrected chi connectivity index (χ3v) is 9.03. The summed E-state index contributed by atoms with van der Waals surface area (Å²) in [6, 6.07) is 15.0. The molecule has 1 atom stereocenters. The molecule has 1 aliphatic heterocycles. The maximum atomic E-state index is 13.6. The molecule has 0 saturated carbocycles. The second-order valence-corrected chi connectivity index (χ2v) is 11.8. The van der Waals surface area contributed by atoms with Crippen LogP contribution >= 0.6 is 0 Å². The van der Waals surface area contributed by atoms with Gasteiger partial charge in [-0.1, -0.05) is 24.3 Å². The third-order valence-electron chi connectivity index (χ3n) is 9.03. The SMILES string of the molecule is COc1cc2c(c(OC)c1OC)-c1ccc(NCCCC(=O)N3CCc4[nH]c5ccccc5c4C3)c(=O)cc1C(NC(C)=O)CC2. The first-order chi connectivity index (χ1) is 22.3. The first kappa shape index (κ1) is 31.0. The topological polar surface area (TPSA) is 122 Å². The Morgan fingerprint density at radius 2 is 1.80 bits per heavy atom. The number of aromatic amines is 1. The van der Waals surface area contributed by atoms with Crippen molar-refractivity contribution in [2.24, 2.45) is 0 Å². The lowest BCUT2D eigenvalue weighted by Gasteiger charge is -2.27. The molecule has 1 aliphatic carbocycles. The molecule has 0 radical (unpaired) electrons. The van der Waals surface area contributed by atoms with Crippen LogP contribution < -0.4 is 30.3 Å². The predicted molar refractivity (Wildman–Crippen MR) is 178 cm³/mol. The number of fused-ring (bicyclic) bond motifs is 6. The van der Waals surface area contributed by atoms with E-state index in [1.165, 1.54) is 23.6 Å². The minimum Gasteiger partial charge on any atom is -0.493 e. The molecule has 3 aromatic carbocycles. The van der Waals surface area contributed by atoms with Crippen molar-refractivity contribution in [3.05, 3.63) is 81.1 Å². The zero-order chi connectivity index (χ0) is 32.4. The Hall–Kier alpha value is -4.99. The van der Waals surface area contributed by atoms with E-state index in [1.54, 1.807) is 33.5 Å². The lowest BCUT2D eigenvalue weighted by molar-refractivity contribution is -0.132. The van der Waals surface area contributed by atoms with Gasteiger partial charge in [-0.3, -0.25) is 14.4 Å². The molecule has 3 N–H and O–H groups in total. The summed E-state index contributed by atoms with van der Waals surface area (Å²) in [5.41, 5.74) is 6.98. The molecule has 0 saturated heterocycles. The van der Waals surface area contributed by atoms with Crippen molar-refractivity contribution in [2.45, 2.75) is 51.6 Å². The van der Waals surface area contributed by atoms with Gasteiger partial charge in [0.2, 0.25) is 23.0 Å². The highest BCUT2D eigenvalue weighted by molar-refractivity contribution is 5.86. The van der Waals surface area contributed by atoms with Crippen LogP contribution in [0.4, 0.5) is 5.69 Å². The standard InChI is InChI=1S/C36H40N4O6/c1-21(41)38-28-13-11-22-18-32(44-2)35(45-3)36(46-4)34(22)24-12-14-30(31(42)19-25(24)28)37-16-7-10-33(43)40-17-15-29-26(20-40)23-8-5-6-9-27(23)39-29/h5-6,8-9,12,14,18-19,28,39H,7,10-11,13,15-17,20H2,1-4H3,(H,37,42)(H,38,41). The van der Waals surface area contributed by atoms with Crippen LogP contribution in [0.2, 0.25) is 0 Å². The zero-order valence-corrected chi connectivity index (χ0v) is 26.7. The molecule has 10 heteroatoms. The van der Waals surface area contributed by atoms with Gasteiger partial charge in [-0.05, 0) is 60.2 Å². The molecular formula is C36H40N4O6. The minimum absolute atomic E-state index is 0.108. The van der Waals surface area contributed by atoms with Crippen molar-refractivity contribution < 1.29 is 23.8 Å². The molecule has 4 aromatic rings. The number of nitrogens with one attached hydrogen (secondary N) is 3. The Kier molecular flexibility index (Phi) is 8.87. The molecule has 1 aromatic heterocycles. The number of para-hydroxylation sites is 1. The summed E-state index contributed by atoms with van der Waals surface area (Å²) >= 11 is 0. The highest BCUT2D eigenvalue weighted by Crippen LogP contribution is 2.50. The van der Waals surface area contributed by atoms with Crippen molar-refractivity contribution >= 4 is 28.4 Å². The Morgan fingerprint density at radius 1 is 1.00 bits per heavy atom. The third kappa shape index (κ3) is 5.87. The van der Waals surface area contributed by atoms with Gasteiger partial charge in [0, 0.05) is 67.1 Å². The lowest BCUT2D eigenvalue weighted by atomic mass is 9.95. The maximum Gasteiger partial charge on any atom is 0.222 e. The molecule has 0 bridgehead atoms. The van der Waals surface area contributed by atoms with Crippen LogP contribution in [-0.4, -0.2) is 56.1 Å². The van der Waals surface area contributed by atoms with Crippen LogP contribution in [0.1, 0.15) is 54.6 Å². The molecule has 46 heavy (non-hydrogen) atoms. The predicted octanol–water partition coefficient (Wildman–Crippen LogP) is 5.12. The minimum atomic E-state index is -0.380. The zero-order valence-electron chi connectivity index (χ0n) is 26.7. The largest absolute Gasteiger partial charge is 0.493 e. The number of anilines is 1. The molecule has 240 valence electrons. The molecule has 2 amide bonds. The van der Waals surface area contributed by atoms with Gasteiger partial charge in [0.1, 0.15) is 0 Å². The number of carbonyl (C=O) groups is 2. The molecular weight excluding hydrogens is 584 g/mol. The number of aromatic nitrogens is 1. The van der Waals surface area contributed by atoms with E-state index in [4.69, 9.17) is 14.2 Å². The van der Waals surface area contributed by atoms with E-state index in [0.717, 1.165) is 28.6 Å². The van der Waals surface area contributed by atoms with Crippen molar-refractivity contribution in [2.75, 3.05) is 39.7 Å². The van der Waals surface area contributed by atoms with Crippen LogP contribution in [0, 0.1) is 0 Å². The highest BCUT2D eigenvalue weighted by Gasteiger charge is 2.29. The Balaban J connectivity index is 1.22. The van der Waals surface area contributed by atoms with Gasteiger partial charge in [0.25, 0.3) is 0 Å². The van der Waals surface area contributed by atoms with E-state index in [1.807, 2.05) is 29.2 Å². The Morgan fingerprint density at radius 3 is 2.57 bits per heavy atom. The van der Waals surface area contributed by atoms with Crippen LogP contribution in [-0.2, 0) is 29.0 Å². The quantitative estimate of drug-likeness (QED) is 0.221. The van der Waals surface area contributed by atoms with Gasteiger partial charge in [-0.2, -0.15) is 0 Å². The summed E-state index contributed by atoms with van der Waals surface area (Å²) in [6.45, 7) is 3.23. The van der Waals surface area contributed by atoms with Crippen LogP contribution in [0.3, 0.4) is 0 Å². The number of hydrogen-bond acceptors (Lipinski definition) is 7. The summed E-state index contributed by atoms with van der Waals surface area (Å²) in [6.07, 6.45) is 2.98. The average molecular weight is 625 g/mol. The Bertz CT molecular complexity index is 1870. The fourth-order valence-corrected chi connectivity index (χ4v) is 6.85. The average Bonchev–Trinajstić information content (AvgIpc) is 3.27. The fraction of sp³-hybridized carbons (Fsp3) is 0.361. The van der Waals surface area contributed by atoms with Gasteiger partial charge in [-0.25, -0.2) is 0 Å². The van der Waals surface area contributed by atoms with E-state index in [0.29, 0.717) is 73.8 Å². The van der Waals surface area contributed by atoms with E-state index in [-0.39, 0.29) is 23.3 Å². The van der Waals surface area contributed by atoms with E-state index < -0.39 is 0 Å². The number of amides is 2. The van der Waals surface area contributed by atoms with Crippen molar-refractivity contribution in [1.82, 2.24) is 15.2 Å². The second kappa shape index (κ2) is 13.2. The molecule has 6 rings (SSSR count). The molecule has 0 spiro atoms. The van der Waals surface area contributed by atoms with Crippen molar-refractivity contribution in [1.29, 1.82) is 0 Å². The molecule has 2 heterocycles. The van der Waals surface area contributed by atoms with E-state index >= 15 is 0 Å². The number of ether oxygens (including phenoxy) is 3.